The summed E-state index contributed by atoms with van der Waals surface area (Å²) in [6.07, 6.45) is 0. The van der Waals surface area contributed by atoms with Gasteiger partial charge in [0.1, 0.15) is 17.6 Å². The van der Waals surface area contributed by atoms with Crippen LogP contribution in [0.1, 0.15) is 46.4 Å². The Morgan fingerprint density at radius 3 is 2.48 bits per heavy atom. The number of aryl methyl sites for hydroxylation is 2. The second-order valence-electron chi connectivity index (χ2n) is 7.45. The normalized spacial score (nSPS) is 11.9. The third kappa shape index (κ3) is 4.88. The van der Waals surface area contributed by atoms with Crippen LogP contribution >= 0.6 is 11.5 Å². The molecule has 3 rings (SSSR count). The van der Waals surface area contributed by atoms with Crippen LogP contribution in [0.2, 0.25) is 0 Å². The van der Waals surface area contributed by atoms with Crippen molar-refractivity contribution in [3.8, 4) is 5.75 Å². The lowest BCUT2D eigenvalue weighted by molar-refractivity contribution is -0.123. The Morgan fingerprint density at radius 2 is 1.90 bits per heavy atom. The number of anilines is 1. The van der Waals surface area contributed by atoms with Crippen LogP contribution in [0.15, 0.2) is 42.5 Å². The predicted molar refractivity (Wildman–Crippen MR) is 117 cm³/mol. The van der Waals surface area contributed by atoms with Crippen molar-refractivity contribution < 1.29 is 19.1 Å². The number of phenolic OH excluding ortho intramolecular Hbond substituents is 1. The first-order valence-electron chi connectivity index (χ1n) is 9.67. The van der Waals surface area contributed by atoms with Gasteiger partial charge in [-0.1, -0.05) is 22.7 Å². The summed E-state index contributed by atoms with van der Waals surface area (Å²) in [5.41, 5.74) is 1.04. The van der Waals surface area contributed by atoms with Gasteiger partial charge >= 0.3 is 0 Å². The van der Waals surface area contributed by atoms with Gasteiger partial charge < -0.3 is 10.4 Å². The van der Waals surface area contributed by atoms with E-state index in [4.69, 9.17) is 0 Å². The van der Waals surface area contributed by atoms with Gasteiger partial charge in [0.25, 0.3) is 5.91 Å². The Kier molecular flexibility index (Phi) is 6.65. The summed E-state index contributed by atoms with van der Waals surface area (Å²) >= 11 is 1.06. The number of benzene rings is 2. The maximum atomic E-state index is 14.5. The minimum atomic E-state index is -1.18. The molecule has 1 aromatic heterocycles. The average molecular weight is 443 g/mol. The van der Waals surface area contributed by atoms with Gasteiger partial charge in [0.05, 0.1) is 4.88 Å². The number of nitrogens with one attached hydrogen (secondary N) is 1. The Bertz CT molecular complexity index is 1120. The lowest BCUT2D eigenvalue weighted by Gasteiger charge is -2.32. The van der Waals surface area contributed by atoms with E-state index in [0.717, 1.165) is 11.5 Å². The highest BCUT2D eigenvalue weighted by Crippen LogP contribution is 2.32. The van der Waals surface area contributed by atoms with Crippen LogP contribution in [0.5, 0.6) is 5.75 Å². The molecule has 2 aromatic carbocycles. The number of phenols is 1. The molecule has 0 spiro atoms. The molecule has 0 saturated carbocycles. The molecule has 162 valence electrons. The number of carbonyl (C=O) groups is 2. The molecular formula is C22H23FN4O3S. The summed E-state index contributed by atoms with van der Waals surface area (Å²) < 4.78 is 18.3. The van der Waals surface area contributed by atoms with Crippen LogP contribution in [-0.2, 0) is 4.79 Å². The molecule has 0 fully saturated rings. The van der Waals surface area contributed by atoms with E-state index in [1.807, 2.05) is 0 Å². The van der Waals surface area contributed by atoms with E-state index in [2.05, 4.69) is 14.9 Å². The number of amides is 2. The van der Waals surface area contributed by atoms with Crippen LogP contribution in [0.25, 0.3) is 0 Å². The fourth-order valence-corrected chi connectivity index (χ4v) is 3.59. The zero-order valence-corrected chi connectivity index (χ0v) is 18.4. The van der Waals surface area contributed by atoms with Crippen LogP contribution in [0.3, 0.4) is 0 Å². The van der Waals surface area contributed by atoms with Crippen molar-refractivity contribution in [1.82, 2.24) is 14.9 Å². The minimum Gasteiger partial charge on any atom is -0.508 e. The minimum absolute atomic E-state index is 0.0613. The molecule has 1 atom stereocenters. The van der Waals surface area contributed by atoms with Crippen molar-refractivity contribution >= 4 is 29.0 Å². The fourth-order valence-electron chi connectivity index (χ4n) is 3.13. The van der Waals surface area contributed by atoms with Crippen molar-refractivity contribution in [2.24, 2.45) is 0 Å². The van der Waals surface area contributed by atoms with Gasteiger partial charge in [-0.25, -0.2) is 4.39 Å². The quantitative estimate of drug-likeness (QED) is 0.603. The van der Waals surface area contributed by atoms with Gasteiger partial charge in [-0.3, -0.25) is 14.5 Å². The lowest BCUT2D eigenvalue weighted by Crippen LogP contribution is -2.46. The molecule has 0 aliphatic rings. The van der Waals surface area contributed by atoms with E-state index in [0.29, 0.717) is 16.0 Å². The van der Waals surface area contributed by atoms with Crippen molar-refractivity contribution in [1.29, 1.82) is 0 Å². The van der Waals surface area contributed by atoms with Gasteiger partial charge in [-0.2, -0.15) is 0 Å². The Morgan fingerprint density at radius 1 is 1.16 bits per heavy atom. The molecule has 1 heterocycles. The van der Waals surface area contributed by atoms with E-state index in [9.17, 15) is 19.1 Å². The SMILES string of the molecule is Cc1ccc(N(C(=O)c2nnsc2C)C(C(=O)NC(C)C)c2cccc(O)c2)cc1F. The summed E-state index contributed by atoms with van der Waals surface area (Å²) in [5.74, 6) is -1.64. The molecule has 0 radical (unpaired) electrons. The number of nitrogens with zero attached hydrogens (tertiary/aromatic N) is 3. The van der Waals surface area contributed by atoms with Crippen molar-refractivity contribution in [2.75, 3.05) is 4.90 Å². The highest BCUT2D eigenvalue weighted by Gasteiger charge is 2.36. The maximum absolute atomic E-state index is 14.5. The van der Waals surface area contributed by atoms with Crippen LogP contribution in [0, 0.1) is 19.7 Å². The van der Waals surface area contributed by atoms with Crippen LogP contribution < -0.4 is 10.2 Å². The second kappa shape index (κ2) is 9.22. The van der Waals surface area contributed by atoms with Gasteiger partial charge in [-0.05, 0) is 74.6 Å². The molecule has 2 N–H and O–H groups in total. The highest BCUT2D eigenvalue weighted by molar-refractivity contribution is 7.05. The molecule has 3 aromatic rings. The second-order valence-corrected chi connectivity index (χ2v) is 8.41. The molecule has 1 unspecified atom stereocenters. The van der Waals surface area contributed by atoms with Crippen molar-refractivity contribution in [3.63, 3.8) is 0 Å². The summed E-state index contributed by atoms with van der Waals surface area (Å²) in [6, 6.07) is 9.01. The molecule has 7 nitrogen and oxygen atoms in total. The maximum Gasteiger partial charge on any atom is 0.281 e. The smallest absolute Gasteiger partial charge is 0.281 e. The first-order chi connectivity index (χ1) is 14.7. The number of aromatic nitrogens is 2. The third-order valence-electron chi connectivity index (χ3n) is 4.63. The zero-order chi connectivity index (χ0) is 22.7. The largest absolute Gasteiger partial charge is 0.508 e. The number of carbonyl (C=O) groups excluding carboxylic acids is 2. The topological polar surface area (TPSA) is 95.4 Å². The summed E-state index contributed by atoms with van der Waals surface area (Å²) in [6.45, 7) is 6.90. The number of halogens is 1. The summed E-state index contributed by atoms with van der Waals surface area (Å²) in [4.78, 5) is 28.6. The molecule has 0 saturated heterocycles. The first-order valence-corrected chi connectivity index (χ1v) is 10.4. The van der Waals surface area contributed by atoms with Gasteiger partial charge in [-0.15, -0.1) is 5.10 Å². The molecule has 9 heteroatoms. The molecule has 31 heavy (non-hydrogen) atoms. The lowest BCUT2D eigenvalue weighted by atomic mass is 10.0. The number of hydrogen-bond donors (Lipinski definition) is 2. The number of aromatic hydroxyl groups is 1. The highest BCUT2D eigenvalue weighted by atomic mass is 32.1. The Labute approximate surface area is 183 Å². The molecule has 0 aliphatic heterocycles. The molecule has 0 aliphatic carbocycles. The predicted octanol–water partition coefficient (Wildman–Crippen LogP) is 3.91. The van der Waals surface area contributed by atoms with Crippen molar-refractivity contribution in [2.45, 2.75) is 39.8 Å². The van der Waals surface area contributed by atoms with Crippen LogP contribution in [-0.4, -0.2) is 32.5 Å². The molecule has 0 bridgehead atoms. The van der Waals surface area contributed by atoms with E-state index in [-0.39, 0.29) is 23.2 Å². The zero-order valence-electron chi connectivity index (χ0n) is 17.6. The standard InChI is InChI=1S/C22H23FN4O3S/c1-12(2)24-21(29)20(15-6-5-7-17(28)10-15)27(16-9-8-13(3)18(23)11-16)22(30)19-14(4)31-26-25-19/h5-12,20,28H,1-4H3,(H,24,29). The molecular weight excluding hydrogens is 419 g/mol. The van der Waals surface area contributed by atoms with Gasteiger partial charge in [0.2, 0.25) is 5.91 Å². The summed E-state index contributed by atoms with van der Waals surface area (Å²) in [7, 11) is 0. The molecule has 2 amide bonds. The Balaban J connectivity index is 2.23. The Hall–Kier alpha value is -3.33. The summed E-state index contributed by atoms with van der Waals surface area (Å²) in [5, 5.41) is 16.7. The van der Waals surface area contributed by atoms with E-state index in [1.165, 1.54) is 29.2 Å². The van der Waals surface area contributed by atoms with Crippen molar-refractivity contribution in [3.05, 3.63) is 70.0 Å². The van der Waals surface area contributed by atoms with E-state index in [1.54, 1.807) is 45.9 Å². The fraction of sp³-hybridized carbons (Fsp3) is 0.273. The number of rotatable bonds is 6. The van der Waals surface area contributed by atoms with E-state index < -0.39 is 23.7 Å². The average Bonchev–Trinajstić information content (AvgIpc) is 3.13. The monoisotopic (exact) mass is 442 g/mol. The van der Waals surface area contributed by atoms with Gasteiger partial charge in [0.15, 0.2) is 5.69 Å². The number of hydrogen-bond acceptors (Lipinski definition) is 6. The van der Waals surface area contributed by atoms with Crippen LogP contribution in [0.4, 0.5) is 10.1 Å². The first kappa shape index (κ1) is 22.4. The third-order valence-corrected chi connectivity index (χ3v) is 5.26. The van der Waals surface area contributed by atoms with Gasteiger partial charge in [0, 0.05) is 11.7 Å². The van der Waals surface area contributed by atoms with E-state index >= 15 is 0 Å².